The van der Waals surface area contributed by atoms with Crippen molar-refractivity contribution < 1.29 is 9.59 Å². The number of benzene rings is 1. The zero-order valence-electron chi connectivity index (χ0n) is 12.5. The van der Waals surface area contributed by atoms with Crippen molar-refractivity contribution in [2.45, 2.75) is 0 Å². The van der Waals surface area contributed by atoms with Gasteiger partial charge in [-0.2, -0.15) is 5.10 Å². The van der Waals surface area contributed by atoms with E-state index in [1.165, 1.54) is 4.90 Å². The molecule has 0 unspecified atom stereocenters. The minimum atomic E-state index is -0.249. The number of fused-ring (bicyclic) bond motifs is 1. The zero-order valence-corrected chi connectivity index (χ0v) is 12.5. The van der Waals surface area contributed by atoms with E-state index < -0.39 is 0 Å². The highest BCUT2D eigenvalue weighted by molar-refractivity contribution is 6.05. The molecule has 1 saturated heterocycles. The summed E-state index contributed by atoms with van der Waals surface area (Å²) < 4.78 is 0. The molecule has 1 aromatic carbocycles. The van der Waals surface area contributed by atoms with Gasteiger partial charge < -0.3 is 15.1 Å². The van der Waals surface area contributed by atoms with Gasteiger partial charge in [-0.05, 0) is 6.07 Å². The molecule has 1 fully saturated rings. The third-order valence-electron chi connectivity index (χ3n) is 3.86. The first kappa shape index (κ1) is 14.5. The van der Waals surface area contributed by atoms with Crippen LogP contribution >= 0.6 is 0 Å². The van der Waals surface area contributed by atoms with Crippen LogP contribution in [0.5, 0.6) is 0 Å². The second kappa shape index (κ2) is 6.15. The van der Waals surface area contributed by atoms with E-state index in [0.29, 0.717) is 18.8 Å². The summed E-state index contributed by atoms with van der Waals surface area (Å²) in [4.78, 5) is 27.9. The first-order chi connectivity index (χ1) is 10.7. The minimum absolute atomic E-state index is 0.0304. The first-order valence-electron chi connectivity index (χ1n) is 7.34. The standard InChI is InChI=1S/C15H19N5O2/c1-19(10-13(21)20-8-6-16-7-9-20)15(22)14-11-4-2-3-5-12(11)17-18-14/h2-5,16H,6-10H2,1H3,(H,17,18). The number of H-pyrrole nitrogens is 1. The van der Waals surface area contributed by atoms with Crippen molar-refractivity contribution in [3.05, 3.63) is 30.0 Å². The van der Waals surface area contributed by atoms with Gasteiger partial charge in [0.05, 0.1) is 12.1 Å². The van der Waals surface area contributed by atoms with Crippen LogP contribution in [-0.4, -0.2) is 71.6 Å². The first-order valence-corrected chi connectivity index (χ1v) is 7.34. The monoisotopic (exact) mass is 301 g/mol. The van der Waals surface area contributed by atoms with Gasteiger partial charge in [-0.3, -0.25) is 14.7 Å². The maximum absolute atomic E-state index is 12.5. The molecule has 0 bridgehead atoms. The molecule has 2 amide bonds. The lowest BCUT2D eigenvalue weighted by Crippen LogP contribution is -2.49. The minimum Gasteiger partial charge on any atom is -0.339 e. The normalized spacial score (nSPS) is 15.0. The lowest BCUT2D eigenvalue weighted by Gasteiger charge is -2.29. The number of aromatic nitrogens is 2. The summed E-state index contributed by atoms with van der Waals surface area (Å²) in [5.74, 6) is -0.280. The van der Waals surface area contributed by atoms with E-state index in [-0.39, 0.29) is 18.4 Å². The van der Waals surface area contributed by atoms with Crippen LogP contribution < -0.4 is 5.32 Å². The third-order valence-corrected chi connectivity index (χ3v) is 3.86. The van der Waals surface area contributed by atoms with Crippen molar-refractivity contribution >= 4 is 22.7 Å². The van der Waals surface area contributed by atoms with Gasteiger partial charge in [-0.25, -0.2) is 0 Å². The fourth-order valence-electron chi connectivity index (χ4n) is 2.60. The SMILES string of the molecule is CN(CC(=O)N1CCNCC1)C(=O)c1n[nH]c2ccccc12. The highest BCUT2D eigenvalue weighted by atomic mass is 16.2. The molecule has 1 aromatic heterocycles. The van der Waals surface area contributed by atoms with Crippen molar-refractivity contribution in [2.75, 3.05) is 39.8 Å². The van der Waals surface area contributed by atoms with Crippen LogP contribution in [0.25, 0.3) is 10.9 Å². The molecule has 2 N–H and O–H groups in total. The molecule has 22 heavy (non-hydrogen) atoms. The van der Waals surface area contributed by atoms with Crippen LogP contribution in [0, 0.1) is 0 Å². The Morgan fingerprint density at radius 3 is 2.77 bits per heavy atom. The van der Waals surface area contributed by atoms with E-state index in [4.69, 9.17) is 0 Å². The van der Waals surface area contributed by atoms with Crippen LogP contribution in [-0.2, 0) is 4.79 Å². The van der Waals surface area contributed by atoms with Gasteiger partial charge in [0.15, 0.2) is 5.69 Å². The number of carbonyl (C=O) groups excluding carboxylic acids is 2. The fraction of sp³-hybridized carbons (Fsp3) is 0.400. The van der Waals surface area contributed by atoms with Crippen molar-refractivity contribution in [2.24, 2.45) is 0 Å². The number of rotatable bonds is 3. The third kappa shape index (κ3) is 2.80. The number of aromatic amines is 1. The molecule has 2 aromatic rings. The predicted octanol–water partition coefficient (Wildman–Crippen LogP) is 0.0667. The summed E-state index contributed by atoms with van der Waals surface area (Å²) in [5, 5.41) is 10.9. The van der Waals surface area contributed by atoms with Gasteiger partial charge in [0.2, 0.25) is 5.91 Å². The van der Waals surface area contributed by atoms with Crippen LogP contribution in [0.1, 0.15) is 10.5 Å². The Labute approximate surface area is 128 Å². The topological polar surface area (TPSA) is 81.3 Å². The molecule has 1 aliphatic heterocycles. The van der Waals surface area contributed by atoms with Gasteiger partial charge in [0.25, 0.3) is 5.91 Å². The Hall–Kier alpha value is -2.41. The Morgan fingerprint density at radius 2 is 2.00 bits per heavy atom. The number of carbonyl (C=O) groups is 2. The number of amides is 2. The average Bonchev–Trinajstić information content (AvgIpc) is 2.99. The summed E-state index contributed by atoms with van der Waals surface area (Å²) in [6.07, 6.45) is 0. The van der Waals surface area contributed by atoms with Crippen molar-refractivity contribution in [1.29, 1.82) is 0 Å². The number of piperazine rings is 1. The van der Waals surface area contributed by atoms with Crippen molar-refractivity contribution in [3.8, 4) is 0 Å². The average molecular weight is 301 g/mol. The maximum atomic E-state index is 12.5. The number of hydrogen-bond acceptors (Lipinski definition) is 4. The summed E-state index contributed by atoms with van der Waals surface area (Å²) >= 11 is 0. The summed E-state index contributed by atoms with van der Waals surface area (Å²) in [6.45, 7) is 3.04. The van der Waals surface area contributed by atoms with E-state index in [0.717, 1.165) is 24.0 Å². The molecule has 1 aliphatic rings. The molecule has 3 rings (SSSR count). The van der Waals surface area contributed by atoms with E-state index in [1.807, 2.05) is 24.3 Å². The van der Waals surface area contributed by atoms with E-state index in [1.54, 1.807) is 11.9 Å². The Bertz CT molecular complexity index is 690. The highest BCUT2D eigenvalue weighted by Crippen LogP contribution is 2.16. The fourth-order valence-corrected chi connectivity index (χ4v) is 2.60. The summed E-state index contributed by atoms with van der Waals surface area (Å²) in [5.41, 5.74) is 1.17. The molecule has 2 heterocycles. The molecule has 0 atom stereocenters. The van der Waals surface area contributed by atoms with Crippen molar-refractivity contribution in [1.82, 2.24) is 25.3 Å². The number of likely N-dealkylation sites (N-methyl/N-ethyl adjacent to an activating group) is 1. The molecule has 0 spiro atoms. The van der Waals surface area contributed by atoms with Gasteiger partial charge in [0, 0.05) is 38.6 Å². The number of nitrogens with one attached hydrogen (secondary N) is 2. The molecule has 116 valence electrons. The van der Waals surface area contributed by atoms with Gasteiger partial charge >= 0.3 is 0 Å². The Kier molecular flexibility index (Phi) is 4.06. The van der Waals surface area contributed by atoms with Crippen molar-refractivity contribution in [3.63, 3.8) is 0 Å². The van der Waals surface area contributed by atoms with E-state index >= 15 is 0 Å². The van der Waals surface area contributed by atoms with Crippen LogP contribution in [0.15, 0.2) is 24.3 Å². The zero-order chi connectivity index (χ0) is 15.5. The molecular weight excluding hydrogens is 282 g/mol. The number of hydrogen-bond donors (Lipinski definition) is 2. The second-order valence-corrected chi connectivity index (χ2v) is 5.41. The van der Waals surface area contributed by atoms with Crippen LogP contribution in [0.2, 0.25) is 0 Å². The lowest BCUT2D eigenvalue weighted by molar-refractivity contribution is -0.132. The summed E-state index contributed by atoms with van der Waals surface area (Å²) in [6, 6.07) is 7.45. The number of nitrogens with zero attached hydrogens (tertiary/aromatic N) is 3. The molecule has 7 heteroatoms. The second-order valence-electron chi connectivity index (χ2n) is 5.41. The van der Waals surface area contributed by atoms with E-state index in [2.05, 4.69) is 15.5 Å². The Morgan fingerprint density at radius 1 is 1.27 bits per heavy atom. The van der Waals surface area contributed by atoms with Gasteiger partial charge in [-0.15, -0.1) is 0 Å². The molecular formula is C15H19N5O2. The van der Waals surface area contributed by atoms with Crippen LogP contribution in [0.4, 0.5) is 0 Å². The number of para-hydroxylation sites is 1. The Balaban J connectivity index is 1.70. The lowest BCUT2D eigenvalue weighted by atomic mass is 10.2. The molecule has 0 aliphatic carbocycles. The smallest absolute Gasteiger partial charge is 0.275 e. The predicted molar refractivity (Wildman–Crippen MR) is 82.5 cm³/mol. The molecule has 7 nitrogen and oxygen atoms in total. The van der Waals surface area contributed by atoms with Gasteiger partial charge in [-0.1, -0.05) is 18.2 Å². The largest absolute Gasteiger partial charge is 0.339 e. The maximum Gasteiger partial charge on any atom is 0.275 e. The van der Waals surface area contributed by atoms with Gasteiger partial charge in [0.1, 0.15) is 0 Å². The molecule has 0 saturated carbocycles. The highest BCUT2D eigenvalue weighted by Gasteiger charge is 2.23. The quantitative estimate of drug-likeness (QED) is 0.840. The van der Waals surface area contributed by atoms with E-state index in [9.17, 15) is 9.59 Å². The summed E-state index contributed by atoms with van der Waals surface area (Å²) in [7, 11) is 1.63. The van der Waals surface area contributed by atoms with Crippen LogP contribution in [0.3, 0.4) is 0 Å². The molecule has 0 radical (unpaired) electrons.